The van der Waals surface area contributed by atoms with E-state index in [2.05, 4.69) is 15.4 Å². The molecule has 212 valence electrons. The predicted molar refractivity (Wildman–Crippen MR) is 148 cm³/mol. The van der Waals surface area contributed by atoms with Gasteiger partial charge < -0.3 is 5.32 Å². The van der Waals surface area contributed by atoms with Gasteiger partial charge in [-0.1, -0.05) is 13.0 Å². The van der Waals surface area contributed by atoms with E-state index in [1.54, 1.807) is 49.6 Å². The molecule has 0 aliphatic carbocycles. The van der Waals surface area contributed by atoms with Gasteiger partial charge >= 0.3 is 17.9 Å². The number of pyridine rings is 1. The molecule has 42 heavy (non-hydrogen) atoms. The van der Waals surface area contributed by atoms with Crippen LogP contribution < -0.4 is 11.0 Å². The van der Waals surface area contributed by atoms with Gasteiger partial charge in [0.05, 0.1) is 46.2 Å². The van der Waals surface area contributed by atoms with E-state index in [-0.39, 0.29) is 29.5 Å². The van der Waals surface area contributed by atoms with Gasteiger partial charge in [0.1, 0.15) is 5.69 Å². The number of benzene rings is 2. The first-order chi connectivity index (χ1) is 20.1. The van der Waals surface area contributed by atoms with Crippen LogP contribution in [0.15, 0.2) is 90.1 Å². The van der Waals surface area contributed by atoms with E-state index < -0.39 is 23.5 Å². The molecule has 9 nitrogen and oxygen atoms in total. The van der Waals surface area contributed by atoms with Gasteiger partial charge in [0.2, 0.25) is 0 Å². The number of alkyl halides is 3. The number of rotatable bonds is 6. The van der Waals surface area contributed by atoms with Crippen molar-refractivity contribution in [2.75, 3.05) is 6.54 Å². The van der Waals surface area contributed by atoms with Crippen LogP contribution in [0, 0.1) is 18.3 Å². The van der Waals surface area contributed by atoms with Gasteiger partial charge in [0.15, 0.2) is 0 Å². The lowest BCUT2D eigenvalue weighted by atomic mass is 10.0. The molecule has 0 aliphatic heterocycles. The van der Waals surface area contributed by atoms with Crippen LogP contribution in [0.3, 0.4) is 0 Å². The number of carbonyl (C=O) groups excluding carboxylic acids is 1. The van der Waals surface area contributed by atoms with E-state index in [1.165, 1.54) is 23.0 Å². The summed E-state index contributed by atoms with van der Waals surface area (Å²) in [5, 5.41) is 16.3. The van der Waals surface area contributed by atoms with Gasteiger partial charge in [-0.2, -0.15) is 23.5 Å². The number of imidazole rings is 1. The van der Waals surface area contributed by atoms with Crippen LogP contribution in [-0.4, -0.2) is 36.5 Å². The Hall–Kier alpha value is -5.44. The average molecular weight is 572 g/mol. The molecule has 0 saturated heterocycles. The van der Waals surface area contributed by atoms with Crippen molar-refractivity contribution in [3.8, 4) is 28.8 Å². The summed E-state index contributed by atoms with van der Waals surface area (Å²) >= 11 is 0. The molecule has 3 aromatic heterocycles. The predicted octanol–water partition coefficient (Wildman–Crippen LogP) is 5.45. The normalized spacial score (nSPS) is 12.1. The fraction of sp³-hybridized carbons (Fsp3) is 0.167. The first kappa shape index (κ1) is 28.1. The number of amides is 1. The summed E-state index contributed by atoms with van der Waals surface area (Å²) in [7, 11) is 0. The Morgan fingerprint density at radius 2 is 1.74 bits per heavy atom. The topological polar surface area (TPSA) is 111 Å². The van der Waals surface area contributed by atoms with Crippen LogP contribution in [-0.2, 0) is 6.18 Å². The summed E-state index contributed by atoms with van der Waals surface area (Å²) in [6.45, 7) is 3.63. The number of hydrogen-bond acceptors (Lipinski definition) is 5. The fourth-order valence-corrected chi connectivity index (χ4v) is 4.72. The van der Waals surface area contributed by atoms with E-state index in [0.29, 0.717) is 16.9 Å². The van der Waals surface area contributed by atoms with Crippen LogP contribution in [0.5, 0.6) is 0 Å². The van der Waals surface area contributed by atoms with Gasteiger partial charge in [-0.05, 0) is 79.1 Å². The summed E-state index contributed by atoms with van der Waals surface area (Å²) in [5.74, 6) is -0.119. The number of carbonyl (C=O) groups is 1. The first-order valence-electron chi connectivity index (χ1n) is 12.8. The lowest BCUT2D eigenvalue weighted by Crippen LogP contribution is -2.38. The summed E-state index contributed by atoms with van der Waals surface area (Å²) in [4.78, 5) is 31.5. The highest BCUT2D eigenvalue weighted by Gasteiger charge is 2.32. The highest BCUT2D eigenvalue weighted by atomic mass is 19.4. The van der Waals surface area contributed by atoms with Gasteiger partial charge in [0, 0.05) is 18.9 Å². The quantitative estimate of drug-likeness (QED) is 0.292. The van der Waals surface area contributed by atoms with Crippen LogP contribution >= 0.6 is 0 Å². The third-order valence-electron chi connectivity index (χ3n) is 6.88. The fourth-order valence-electron chi connectivity index (χ4n) is 4.72. The summed E-state index contributed by atoms with van der Waals surface area (Å²) in [6.07, 6.45) is 0.124. The Morgan fingerprint density at radius 1 is 1.02 bits per heavy atom. The van der Waals surface area contributed by atoms with E-state index in [4.69, 9.17) is 5.26 Å². The second kappa shape index (κ2) is 11.2. The highest BCUT2D eigenvalue weighted by Crippen LogP contribution is 2.32. The molecule has 2 aromatic carbocycles. The van der Waals surface area contributed by atoms with Crippen LogP contribution in [0.25, 0.3) is 22.8 Å². The van der Waals surface area contributed by atoms with Gasteiger partial charge in [-0.25, -0.2) is 18.8 Å². The Balaban J connectivity index is 1.64. The highest BCUT2D eigenvalue weighted by molar-refractivity contribution is 5.83. The second-order valence-corrected chi connectivity index (χ2v) is 9.59. The molecular formula is C30H24F3N7O2. The Kier molecular flexibility index (Phi) is 7.50. The number of aromatic nitrogens is 5. The maximum Gasteiger partial charge on any atom is 0.416 e. The zero-order valence-electron chi connectivity index (χ0n) is 22.5. The molecule has 1 amide bonds. The molecule has 0 radical (unpaired) electrons. The molecule has 0 spiro atoms. The van der Waals surface area contributed by atoms with Crippen molar-refractivity contribution in [1.29, 1.82) is 5.26 Å². The molecule has 1 unspecified atom stereocenters. The number of nitriles is 1. The zero-order valence-corrected chi connectivity index (χ0v) is 22.5. The molecule has 0 bridgehead atoms. The molecule has 0 saturated carbocycles. The Bertz CT molecular complexity index is 1850. The largest absolute Gasteiger partial charge is 0.416 e. The first-order valence-corrected chi connectivity index (χ1v) is 12.8. The Labute approximate surface area is 238 Å². The van der Waals surface area contributed by atoms with Crippen molar-refractivity contribution < 1.29 is 18.0 Å². The molecular weight excluding hydrogens is 547 g/mol. The van der Waals surface area contributed by atoms with Crippen molar-refractivity contribution in [2.24, 2.45) is 0 Å². The zero-order chi connectivity index (χ0) is 30.0. The van der Waals surface area contributed by atoms with Crippen molar-refractivity contribution in [1.82, 2.24) is 29.2 Å². The SMILES string of the molecule is Cc1c(-c2ccnn2-c2ccc(C#N)cc2)n(C(=O)NCC(C)c2ccncc2)c(=O)n1-c1cccc(C(F)(F)F)c1. The number of hydrogen-bond donors (Lipinski definition) is 1. The van der Waals surface area contributed by atoms with E-state index in [9.17, 15) is 22.8 Å². The number of nitrogens with one attached hydrogen (secondary N) is 1. The summed E-state index contributed by atoms with van der Waals surface area (Å²) in [6, 6.07) is 17.4. The summed E-state index contributed by atoms with van der Waals surface area (Å²) < 4.78 is 44.1. The van der Waals surface area contributed by atoms with Crippen molar-refractivity contribution in [3.05, 3.63) is 118 Å². The van der Waals surface area contributed by atoms with Gasteiger partial charge in [0.25, 0.3) is 0 Å². The van der Waals surface area contributed by atoms with Gasteiger partial charge in [-0.15, -0.1) is 0 Å². The standard InChI is InChI=1S/C30H24F3N7O2/c1-19(22-10-13-35-14-11-22)18-36-28(41)39-27(26-12-15-37-40(26)24-8-6-21(17-34)7-9-24)20(2)38(29(39)42)25-5-3-4-23(16-25)30(31,32)33/h3-16,19H,18H2,1-2H3,(H,36,41). The smallest absolute Gasteiger partial charge is 0.337 e. The van der Waals surface area contributed by atoms with Crippen LogP contribution in [0.2, 0.25) is 0 Å². The number of nitrogens with zero attached hydrogens (tertiary/aromatic N) is 6. The maximum atomic E-state index is 13.9. The summed E-state index contributed by atoms with van der Waals surface area (Å²) in [5.41, 5.74) is 0.800. The lowest BCUT2D eigenvalue weighted by molar-refractivity contribution is -0.137. The van der Waals surface area contributed by atoms with Crippen molar-refractivity contribution in [2.45, 2.75) is 25.9 Å². The molecule has 0 fully saturated rings. The van der Waals surface area contributed by atoms with E-state index in [0.717, 1.165) is 26.8 Å². The minimum atomic E-state index is -4.63. The molecule has 5 aromatic rings. The third kappa shape index (κ3) is 5.32. The lowest BCUT2D eigenvalue weighted by Gasteiger charge is -2.14. The minimum Gasteiger partial charge on any atom is -0.337 e. The molecule has 3 heterocycles. The van der Waals surface area contributed by atoms with E-state index in [1.807, 2.05) is 25.1 Å². The monoisotopic (exact) mass is 571 g/mol. The molecule has 5 rings (SSSR count). The van der Waals surface area contributed by atoms with Crippen molar-refractivity contribution in [3.63, 3.8) is 0 Å². The average Bonchev–Trinajstić information content (AvgIpc) is 3.57. The number of halogens is 3. The minimum absolute atomic E-state index is 0.0466. The van der Waals surface area contributed by atoms with Crippen LogP contribution in [0.1, 0.15) is 35.2 Å². The molecule has 1 atom stereocenters. The molecule has 0 aliphatic rings. The molecule has 12 heteroatoms. The third-order valence-corrected chi connectivity index (χ3v) is 6.88. The molecule has 1 N–H and O–H groups in total. The van der Waals surface area contributed by atoms with Crippen LogP contribution in [0.4, 0.5) is 18.0 Å². The van der Waals surface area contributed by atoms with Gasteiger partial charge in [-0.3, -0.25) is 9.55 Å². The second-order valence-electron chi connectivity index (χ2n) is 9.59. The maximum absolute atomic E-state index is 13.9. The van der Waals surface area contributed by atoms with E-state index >= 15 is 0 Å². The van der Waals surface area contributed by atoms with Crippen molar-refractivity contribution >= 4 is 6.03 Å². The Morgan fingerprint density at radius 3 is 2.40 bits per heavy atom.